The molecule has 130 valence electrons. The van der Waals surface area contributed by atoms with Crippen molar-refractivity contribution in [2.45, 2.75) is 13.8 Å². The van der Waals surface area contributed by atoms with E-state index in [0.717, 1.165) is 25.0 Å². The molecule has 0 aliphatic heterocycles. The summed E-state index contributed by atoms with van der Waals surface area (Å²) in [4.78, 5) is 11.5. The van der Waals surface area contributed by atoms with Crippen LogP contribution >= 0.6 is 7.82 Å². The van der Waals surface area contributed by atoms with Crippen molar-refractivity contribution in [1.29, 1.82) is 0 Å². The maximum atomic E-state index is 11.5. The van der Waals surface area contributed by atoms with Crippen LogP contribution < -0.4 is 60.8 Å². The summed E-state index contributed by atoms with van der Waals surface area (Å²) in [7, 11) is -4.39. The molecule has 7 heteroatoms. The number of ether oxygens (including phenoxy) is 1. The molecule has 0 fully saturated rings. The molecule has 5 nitrogen and oxygen atoms in total. The molecule has 2 rings (SSSR count). The first-order chi connectivity index (χ1) is 11.6. The van der Waals surface area contributed by atoms with E-state index < -0.39 is 7.82 Å². The van der Waals surface area contributed by atoms with E-state index in [-0.39, 0.29) is 57.1 Å². The van der Waals surface area contributed by atoms with Gasteiger partial charge in [0.1, 0.15) is 5.75 Å². The van der Waals surface area contributed by atoms with Crippen LogP contribution in [0.5, 0.6) is 5.75 Å². The van der Waals surface area contributed by atoms with Gasteiger partial charge in [-0.2, -0.15) is 0 Å². The van der Waals surface area contributed by atoms with Gasteiger partial charge in [-0.15, -0.1) is 0 Å². The van der Waals surface area contributed by atoms with Gasteiger partial charge in [0.2, 0.25) is 0 Å². The number of hydrogen-bond donors (Lipinski definition) is 0. The summed E-state index contributed by atoms with van der Waals surface area (Å²) >= 11 is 0. The summed E-state index contributed by atoms with van der Waals surface area (Å²) in [5, 5.41) is 0. The third-order valence-corrected chi connectivity index (χ3v) is 3.43. The van der Waals surface area contributed by atoms with Crippen molar-refractivity contribution < 1.29 is 74.6 Å². The summed E-state index contributed by atoms with van der Waals surface area (Å²) < 4.78 is 25.8. The normalized spacial score (nSPS) is 12.3. The molecule has 25 heavy (non-hydrogen) atoms. The van der Waals surface area contributed by atoms with Gasteiger partial charge in [0, 0.05) is 13.2 Å². The van der Waals surface area contributed by atoms with Gasteiger partial charge < -0.3 is 18.7 Å². The average Bonchev–Trinajstić information content (AvgIpc) is 2.57. The predicted octanol–water partition coefficient (Wildman–Crippen LogP) is 1.27. The maximum Gasteiger partial charge on any atom is 1.00 e. The quantitative estimate of drug-likeness (QED) is 0.406. The third-order valence-electron chi connectivity index (χ3n) is 2.62. The van der Waals surface area contributed by atoms with Crippen LogP contribution in [0.3, 0.4) is 0 Å². The van der Waals surface area contributed by atoms with Gasteiger partial charge in [0.05, 0.1) is 6.26 Å². The Morgan fingerprint density at radius 2 is 1.48 bits per heavy atom. The van der Waals surface area contributed by atoms with Crippen LogP contribution in [0.1, 0.15) is 19.4 Å². The first-order valence-corrected chi connectivity index (χ1v) is 9.07. The SMILES string of the molecule is CCOCC.O=P([O-])(O/C=C/c1ccccc1)Oc1ccccc1.[K+]. The zero-order valence-electron chi connectivity index (χ0n) is 14.8. The Hall–Kier alpha value is -0.434. The Morgan fingerprint density at radius 1 is 0.960 bits per heavy atom. The average molecular weight is 388 g/mol. The van der Waals surface area contributed by atoms with Crippen molar-refractivity contribution >= 4 is 13.9 Å². The molecule has 2 aromatic carbocycles. The molecule has 0 radical (unpaired) electrons. The minimum Gasteiger partial charge on any atom is -0.736 e. The first kappa shape index (κ1) is 24.6. The zero-order valence-corrected chi connectivity index (χ0v) is 18.8. The van der Waals surface area contributed by atoms with Gasteiger partial charge in [-0.05, 0) is 37.6 Å². The number of phosphoric ester groups is 1. The Balaban J connectivity index is 0.000000848. The maximum absolute atomic E-state index is 11.5. The Kier molecular flexibility index (Phi) is 14.5. The van der Waals surface area contributed by atoms with Crippen LogP contribution in [0.25, 0.3) is 6.08 Å². The van der Waals surface area contributed by atoms with Crippen LogP contribution in [0.15, 0.2) is 66.9 Å². The van der Waals surface area contributed by atoms with E-state index in [0.29, 0.717) is 0 Å². The smallest absolute Gasteiger partial charge is 0.736 e. The number of benzene rings is 2. The second-order valence-corrected chi connectivity index (χ2v) is 5.74. The molecule has 1 unspecified atom stereocenters. The summed E-state index contributed by atoms with van der Waals surface area (Å²) in [6.07, 6.45) is 2.63. The van der Waals surface area contributed by atoms with Crippen LogP contribution in [-0.2, 0) is 13.8 Å². The van der Waals surface area contributed by atoms with E-state index in [9.17, 15) is 9.46 Å². The van der Waals surface area contributed by atoms with Crippen LogP contribution in [0.2, 0.25) is 0 Å². The van der Waals surface area contributed by atoms with Crippen molar-refractivity contribution in [3.8, 4) is 5.75 Å². The third kappa shape index (κ3) is 12.5. The van der Waals surface area contributed by atoms with Crippen molar-refractivity contribution in [1.82, 2.24) is 0 Å². The number of para-hydroxylation sites is 1. The molecule has 0 amide bonds. The summed E-state index contributed by atoms with van der Waals surface area (Å²) in [5.74, 6) is 0.217. The molecular formula is C18H22KO5P. The van der Waals surface area contributed by atoms with E-state index in [1.807, 2.05) is 44.2 Å². The molecule has 0 bridgehead atoms. The zero-order chi connectivity index (χ0) is 17.7. The first-order valence-electron chi connectivity index (χ1n) is 7.61. The minimum absolute atomic E-state index is 0. The second-order valence-electron chi connectivity index (χ2n) is 4.45. The summed E-state index contributed by atoms with van der Waals surface area (Å²) in [6, 6.07) is 17.4. The van der Waals surface area contributed by atoms with E-state index in [1.54, 1.807) is 24.3 Å². The fraction of sp³-hybridized carbons (Fsp3) is 0.222. The van der Waals surface area contributed by atoms with Gasteiger partial charge in [-0.3, -0.25) is 0 Å². The Morgan fingerprint density at radius 3 is 1.96 bits per heavy atom. The second kappa shape index (κ2) is 14.7. The van der Waals surface area contributed by atoms with Crippen molar-refractivity contribution in [3.63, 3.8) is 0 Å². The van der Waals surface area contributed by atoms with Crippen LogP contribution in [0.4, 0.5) is 0 Å². The van der Waals surface area contributed by atoms with Crippen molar-refractivity contribution in [3.05, 3.63) is 72.5 Å². The molecule has 0 aliphatic rings. The van der Waals surface area contributed by atoms with Crippen LogP contribution in [0, 0.1) is 0 Å². The number of hydrogen-bond acceptors (Lipinski definition) is 5. The number of phosphoric acid groups is 1. The van der Waals surface area contributed by atoms with Gasteiger partial charge in [0.25, 0.3) is 0 Å². The number of rotatable bonds is 7. The van der Waals surface area contributed by atoms with Gasteiger partial charge in [-0.1, -0.05) is 48.5 Å². The molecule has 0 heterocycles. The molecule has 0 spiro atoms. The summed E-state index contributed by atoms with van der Waals surface area (Å²) in [5.41, 5.74) is 0.835. The Labute approximate surface area is 192 Å². The van der Waals surface area contributed by atoms with Crippen molar-refractivity contribution in [2.75, 3.05) is 13.2 Å². The molecule has 0 saturated carbocycles. The van der Waals surface area contributed by atoms with Gasteiger partial charge in [-0.25, -0.2) is 4.57 Å². The fourth-order valence-corrected chi connectivity index (χ4v) is 2.22. The fourth-order valence-electron chi connectivity index (χ4n) is 1.58. The minimum atomic E-state index is -4.39. The molecule has 2 aromatic rings. The largest absolute Gasteiger partial charge is 1.00 e. The van der Waals surface area contributed by atoms with E-state index >= 15 is 0 Å². The molecule has 1 atom stereocenters. The topological polar surface area (TPSA) is 67.8 Å². The molecule has 0 aromatic heterocycles. The van der Waals surface area contributed by atoms with E-state index in [2.05, 4.69) is 4.52 Å². The predicted molar refractivity (Wildman–Crippen MR) is 93.4 cm³/mol. The monoisotopic (exact) mass is 388 g/mol. The van der Waals surface area contributed by atoms with E-state index in [1.165, 1.54) is 12.1 Å². The van der Waals surface area contributed by atoms with Crippen LogP contribution in [-0.4, -0.2) is 13.2 Å². The standard InChI is InChI=1S/C14H13O4P.C4H10O.K/c15-19(16,18-14-9-5-2-6-10-14)17-12-11-13-7-3-1-4-8-13;1-3-5-4-2;/h1-12H,(H,15,16);3-4H2,1-2H3;/q;;+1/p-1/b12-11+;;. The van der Waals surface area contributed by atoms with E-state index in [4.69, 9.17) is 9.26 Å². The molecule has 0 N–H and O–H groups in total. The summed E-state index contributed by atoms with van der Waals surface area (Å²) in [6.45, 7) is 5.67. The van der Waals surface area contributed by atoms with Gasteiger partial charge >= 0.3 is 59.2 Å². The molecule has 0 aliphatic carbocycles. The van der Waals surface area contributed by atoms with Gasteiger partial charge in [0.15, 0.2) is 0 Å². The molecular weight excluding hydrogens is 366 g/mol. The molecule has 0 saturated heterocycles. The van der Waals surface area contributed by atoms with Crippen molar-refractivity contribution in [2.24, 2.45) is 0 Å². The Bertz CT molecular complexity index is 632.